The number of benzene rings is 2. The van der Waals surface area contributed by atoms with Crippen molar-refractivity contribution in [2.24, 2.45) is 11.3 Å². The Labute approximate surface area is 183 Å². The first-order valence-electron chi connectivity index (χ1n) is 10.4. The Morgan fingerprint density at radius 2 is 1.90 bits per heavy atom. The largest absolute Gasteiger partial charge is 0.331 e. The third kappa shape index (κ3) is 6.42. The van der Waals surface area contributed by atoms with Crippen LogP contribution in [-0.2, 0) is 4.79 Å². The first-order valence-corrected chi connectivity index (χ1v) is 11.3. The number of para-hydroxylation sites is 1. The summed E-state index contributed by atoms with van der Waals surface area (Å²) in [6.45, 7) is 10.8. The number of amides is 1. The van der Waals surface area contributed by atoms with Gasteiger partial charge in [0.05, 0.1) is 5.69 Å². The number of hydrogen-bond donors (Lipinski definition) is 2. The topological polar surface area (TPSA) is 54.0 Å². The lowest BCUT2D eigenvalue weighted by Crippen LogP contribution is -2.18. The molecule has 0 aliphatic carbocycles. The molecule has 4 nitrogen and oxygen atoms in total. The van der Waals surface area contributed by atoms with Crippen LogP contribution in [0, 0.1) is 18.3 Å². The molecule has 0 spiro atoms. The SMILES string of the molecule is Cc1ccccc1Nc1nc(-c2cccc(NC(=O)CC(C)CC(C)(C)C)c2)cs1. The van der Waals surface area contributed by atoms with Crippen LogP contribution in [0.15, 0.2) is 53.9 Å². The van der Waals surface area contributed by atoms with Crippen LogP contribution in [0.25, 0.3) is 11.3 Å². The molecule has 30 heavy (non-hydrogen) atoms. The molecule has 1 heterocycles. The molecule has 2 N–H and O–H groups in total. The average molecular weight is 422 g/mol. The smallest absolute Gasteiger partial charge is 0.224 e. The Bertz CT molecular complexity index is 1000. The van der Waals surface area contributed by atoms with Crippen molar-refractivity contribution >= 4 is 33.8 Å². The highest BCUT2D eigenvalue weighted by Crippen LogP contribution is 2.30. The molecule has 1 aromatic heterocycles. The molecule has 1 amide bonds. The molecule has 0 radical (unpaired) electrons. The Morgan fingerprint density at radius 3 is 2.63 bits per heavy atom. The normalized spacial score (nSPS) is 12.4. The van der Waals surface area contributed by atoms with E-state index in [4.69, 9.17) is 4.98 Å². The van der Waals surface area contributed by atoms with Gasteiger partial charge in [0.2, 0.25) is 5.91 Å². The number of nitrogens with zero attached hydrogens (tertiary/aromatic N) is 1. The zero-order valence-corrected chi connectivity index (χ0v) is 19.3. The number of nitrogens with one attached hydrogen (secondary N) is 2. The molecule has 158 valence electrons. The maximum atomic E-state index is 12.5. The summed E-state index contributed by atoms with van der Waals surface area (Å²) >= 11 is 1.57. The van der Waals surface area contributed by atoms with E-state index in [-0.39, 0.29) is 11.3 Å². The number of rotatable bonds is 7. The number of carbonyl (C=O) groups excluding carboxylic acids is 1. The summed E-state index contributed by atoms with van der Waals surface area (Å²) in [5.41, 5.74) is 5.16. The Kier molecular flexibility index (Phi) is 6.93. The third-order valence-electron chi connectivity index (χ3n) is 4.83. The van der Waals surface area contributed by atoms with Gasteiger partial charge in [-0.05, 0) is 48.4 Å². The van der Waals surface area contributed by atoms with Crippen molar-refractivity contribution in [2.45, 2.75) is 47.5 Å². The fourth-order valence-electron chi connectivity index (χ4n) is 3.69. The number of thiazole rings is 1. The average Bonchev–Trinajstić information content (AvgIpc) is 3.11. The van der Waals surface area contributed by atoms with E-state index in [2.05, 4.69) is 51.3 Å². The van der Waals surface area contributed by atoms with Gasteiger partial charge in [-0.15, -0.1) is 11.3 Å². The van der Waals surface area contributed by atoms with Gasteiger partial charge in [-0.1, -0.05) is 58.0 Å². The van der Waals surface area contributed by atoms with Gasteiger partial charge in [0.25, 0.3) is 0 Å². The number of aryl methyl sites for hydroxylation is 1. The van der Waals surface area contributed by atoms with Crippen molar-refractivity contribution in [2.75, 3.05) is 10.6 Å². The van der Waals surface area contributed by atoms with Gasteiger partial charge in [0.1, 0.15) is 0 Å². The molecule has 1 unspecified atom stereocenters. The highest BCUT2D eigenvalue weighted by molar-refractivity contribution is 7.14. The fraction of sp³-hybridized carbons (Fsp3) is 0.360. The Morgan fingerprint density at radius 1 is 1.13 bits per heavy atom. The van der Waals surface area contributed by atoms with Gasteiger partial charge < -0.3 is 10.6 Å². The zero-order chi connectivity index (χ0) is 21.7. The van der Waals surface area contributed by atoms with Gasteiger partial charge >= 0.3 is 0 Å². The predicted molar refractivity (Wildman–Crippen MR) is 128 cm³/mol. The minimum atomic E-state index is 0.0593. The van der Waals surface area contributed by atoms with Gasteiger partial charge in [-0.2, -0.15) is 0 Å². The highest BCUT2D eigenvalue weighted by atomic mass is 32.1. The molecule has 0 aliphatic heterocycles. The van der Waals surface area contributed by atoms with Gasteiger partial charge in [0.15, 0.2) is 5.13 Å². The molecule has 0 aliphatic rings. The van der Waals surface area contributed by atoms with Crippen LogP contribution in [0.2, 0.25) is 0 Å². The minimum Gasteiger partial charge on any atom is -0.331 e. The minimum absolute atomic E-state index is 0.0593. The molecule has 0 saturated heterocycles. The molecular weight excluding hydrogens is 390 g/mol. The molecule has 1 atom stereocenters. The number of carbonyl (C=O) groups is 1. The number of anilines is 3. The van der Waals surface area contributed by atoms with E-state index in [1.807, 2.05) is 47.8 Å². The number of hydrogen-bond acceptors (Lipinski definition) is 4. The second-order valence-corrected chi connectivity index (χ2v) is 10.0. The lowest BCUT2D eigenvalue weighted by molar-refractivity contribution is -0.117. The summed E-state index contributed by atoms with van der Waals surface area (Å²) in [6.07, 6.45) is 1.55. The van der Waals surface area contributed by atoms with Crippen LogP contribution in [0.1, 0.15) is 46.1 Å². The van der Waals surface area contributed by atoms with Crippen molar-refractivity contribution in [1.29, 1.82) is 0 Å². The van der Waals surface area contributed by atoms with Gasteiger partial charge in [-0.3, -0.25) is 4.79 Å². The molecule has 2 aromatic carbocycles. The molecule has 0 bridgehead atoms. The number of aromatic nitrogens is 1. The van der Waals surface area contributed by atoms with Gasteiger partial charge in [-0.25, -0.2) is 4.98 Å². The van der Waals surface area contributed by atoms with E-state index in [1.165, 1.54) is 5.56 Å². The molecule has 0 saturated carbocycles. The van der Waals surface area contributed by atoms with E-state index in [0.717, 1.165) is 34.2 Å². The first kappa shape index (κ1) is 22.0. The van der Waals surface area contributed by atoms with E-state index in [1.54, 1.807) is 11.3 Å². The fourth-order valence-corrected chi connectivity index (χ4v) is 4.43. The maximum absolute atomic E-state index is 12.5. The van der Waals surface area contributed by atoms with Crippen molar-refractivity contribution < 1.29 is 4.79 Å². The Hall–Kier alpha value is -2.66. The standard InChI is InChI=1S/C25H31N3OS/c1-17(15-25(3,4)5)13-23(29)26-20-11-8-10-19(14-20)22-16-30-24(28-22)27-21-12-7-6-9-18(21)2/h6-12,14,16-17H,13,15H2,1-5H3,(H,26,29)(H,27,28). The summed E-state index contributed by atoms with van der Waals surface area (Å²) in [7, 11) is 0. The molecule has 3 aromatic rings. The van der Waals surface area contributed by atoms with Crippen LogP contribution >= 0.6 is 11.3 Å². The second-order valence-electron chi connectivity index (χ2n) is 9.18. The van der Waals surface area contributed by atoms with E-state index in [9.17, 15) is 4.79 Å². The monoisotopic (exact) mass is 421 g/mol. The predicted octanol–water partition coefficient (Wildman–Crippen LogP) is 7.26. The zero-order valence-electron chi connectivity index (χ0n) is 18.5. The van der Waals surface area contributed by atoms with E-state index < -0.39 is 0 Å². The summed E-state index contributed by atoms with van der Waals surface area (Å²) < 4.78 is 0. The third-order valence-corrected chi connectivity index (χ3v) is 5.59. The first-order chi connectivity index (χ1) is 14.2. The van der Waals surface area contributed by atoms with Crippen molar-refractivity contribution in [1.82, 2.24) is 4.98 Å². The lowest BCUT2D eigenvalue weighted by Gasteiger charge is -2.22. The lowest BCUT2D eigenvalue weighted by atomic mass is 9.84. The molecule has 5 heteroatoms. The van der Waals surface area contributed by atoms with Crippen LogP contribution in [-0.4, -0.2) is 10.9 Å². The Balaban J connectivity index is 1.65. The van der Waals surface area contributed by atoms with Crippen molar-refractivity contribution in [3.63, 3.8) is 0 Å². The molecule has 0 fully saturated rings. The highest BCUT2D eigenvalue weighted by Gasteiger charge is 2.18. The van der Waals surface area contributed by atoms with Crippen LogP contribution in [0.5, 0.6) is 0 Å². The summed E-state index contributed by atoms with van der Waals surface area (Å²) in [4.78, 5) is 17.2. The van der Waals surface area contributed by atoms with Crippen LogP contribution in [0.4, 0.5) is 16.5 Å². The second kappa shape index (κ2) is 9.43. The summed E-state index contributed by atoms with van der Waals surface area (Å²) in [5.74, 6) is 0.408. The van der Waals surface area contributed by atoms with Crippen molar-refractivity contribution in [3.05, 3.63) is 59.5 Å². The van der Waals surface area contributed by atoms with Gasteiger partial charge in [0, 0.05) is 28.7 Å². The molecular formula is C25H31N3OS. The maximum Gasteiger partial charge on any atom is 0.224 e. The summed E-state index contributed by atoms with van der Waals surface area (Å²) in [6, 6.07) is 16.0. The van der Waals surface area contributed by atoms with Crippen LogP contribution in [0.3, 0.4) is 0 Å². The summed E-state index contributed by atoms with van der Waals surface area (Å²) in [5, 5.41) is 9.32. The van der Waals surface area contributed by atoms with Crippen LogP contribution < -0.4 is 10.6 Å². The quantitative estimate of drug-likeness (QED) is 0.422. The van der Waals surface area contributed by atoms with E-state index >= 15 is 0 Å². The van der Waals surface area contributed by atoms with E-state index in [0.29, 0.717) is 12.3 Å². The molecule has 3 rings (SSSR count). The van der Waals surface area contributed by atoms with Crippen molar-refractivity contribution in [3.8, 4) is 11.3 Å².